The maximum atomic E-state index is 11.3. The van der Waals surface area contributed by atoms with Gasteiger partial charge in [0.05, 0.1) is 6.54 Å². The summed E-state index contributed by atoms with van der Waals surface area (Å²) >= 11 is 0. The molecule has 0 fully saturated rings. The van der Waals surface area contributed by atoms with Crippen molar-refractivity contribution in [2.45, 2.75) is 20.4 Å². The predicted molar refractivity (Wildman–Crippen MR) is 71.3 cm³/mol. The molecule has 0 aliphatic carbocycles. The summed E-state index contributed by atoms with van der Waals surface area (Å²) in [7, 11) is 0. The van der Waals surface area contributed by atoms with Gasteiger partial charge in [-0.15, -0.1) is 0 Å². The van der Waals surface area contributed by atoms with Gasteiger partial charge in [-0.1, -0.05) is 18.2 Å². The van der Waals surface area contributed by atoms with Crippen LogP contribution in [0.2, 0.25) is 0 Å². The lowest BCUT2D eigenvalue weighted by atomic mass is 10.1. The molecule has 2 rings (SSSR count). The fourth-order valence-corrected chi connectivity index (χ4v) is 2.00. The lowest BCUT2D eigenvalue weighted by Gasteiger charge is -2.04. The Bertz CT molecular complexity index is 546. The Morgan fingerprint density at radius 3 is 2.89 bits per heavy atom. The van der Waals surface area contributed by atoms with Gasteiger partial charge in [-0.3, -0.25) is 4.79 Å². The molecule has 0 bridgehead atoms. The highest BCUT2D eigenvalue weighted by Gasteiger charge is 2.10. The van der Waals surface area contributed by atoms with Crippen molar-refractivity contribution in [3.8, 4) is 0 Å². The minimum absolute atomic E-state index is 0.0166. The number of hydrogen-bond acceptors (Lipinski definition) is 3. The third-order valence-electron chi connectivity index (χ3n) is 2.86. The Morgan fingerprint density at radius 1 is 1.33 bits per heavy atom. The monoisotopic (exact) mass is 246 g/mol. The molecule has 1 aromatic heterocycles. The van der Waals surface area contributed by atoms with Gasteiger partial charge in [0.2, 0.25) is 5.91 Å². The number of rotatable bonds is 5. The van der Waals surface area contributed by atoms with Crippen molar-refractivity contribution in [1.82, 2.24) is 10.6 Å². The molecule has 2 N–H and O–H groups in total. The average molecular weight is 246 g/mol. The number of carbonyl (C=O) groups excluding carboxylic acids is 1. The quantitative estimate of drug-likeness (QED) is 0.848. The molecule has 1 amide bonds. The maximum absolute atomic E-state index is 11.3. The van der Waals surface area contributed by atoms with Gasteiger partial charge in [-0.2, -0.15) is 0 Å². The van der Waals surface area contributed by atoms with Crippen LogP contribution in [-0.4, -0.2) is 19.0 Å². The van der Waals surface area contributed by atoms with Gasteiger partial charge < -0.3 is 15.1 Å². The number of likely N-dealkylation sites (N-methyl/N-ethyl adjacent to an activating group) is 1. The Kier molecular flexibility index (Phi) is 3.99. The summed E-state index contributed by atoms with van der Waals surface area (Å²) < 4.78 is 5.66. The van der Waals surface area contributed by atoms with E-state index in [9.17, 15) is 4.79 Å². The molecule has 4 nitrogen and oxygen atoms in total. The summed E-state index contributed by atoms with van der Waals surface area (Å²) in [6.45, 7) is 5.48. The van der Waals surface area contributed by atoms with Crippen LogP contribution in [0.4, 0.5) is 0 Å². The summed E-state index contributed by atoms with van der Waals surface area (Å²) in [6.07, 6.45) is 0. The van der Waals surface area contributed by atoms with Gasteiger partial charge in [-0.25, -0.2) is 0 Å². The van der Waals surface area contributed by atoms with Crippen LogP contribution >= 0.6 is 0 Å². The first-order valence-corrected chi connectivity index (χ1v) is 6.16. The lowest BCUT2D eigenvalue weighted by Crippen LogP contribution is -2.33. The number of amides is 1. The molecule has 0 unspecified atom stereocenters. The van der Waals surface area contributed by atoms with E-state index in [1.165, 1.54) is 0 Å². The van der Waals surface area contributed by atoms with E-state index in [4.69, 9.17) is 4.42 Å². The van der Waals surface area contributed by atoms with Crippen LogP contribution in [0.5, 0.6) is 0 Å². The van der Waals surface area contributed by atoms with Gasteiger partial charge in [0, 0.05) is 24.0 Å². The van der Waals surface area contributed by atoms with Gasteiger partial charge in [-0.05, 0) is 19.9 Å². The summed E-state index contributed by atoms with van der Waals surface area (Å²) in [5, 5.41) is 7.00. The molecule has 1 aromatic carbocycles. The molecular weight excluding hydrogens is 228 g/mol. The van der Waals surface area contributed by atoms with Gasteiger partial charge >= 0.3 is 0 Å². The first-order chi connectivity index (χ1) is 8.72. The van der Waals surface area contributed by atoms with Crippen LogP contribution in [-0.2, 0) is 11.3 Å². The molecule has 0 aliphatic heterocycles. The van der Waals surface area contributed by atoms with E-state index < -0.39 is 0 Å². The van der Waals surface area contributed by atoms with Crippen LogP contribution in [0.3, 0.4) is 0 Å². The van der Waals surface area contributed by atoms with Crippen molar-refractivity contribution in [1.29, 1.82) is 0 Å². The Morgan fingerprint density at radius 2 is 2.11 bits per heavy atom. The fraction of sp³-hybridized carbons (Fsp3) is 0.357. The minimum atomic E-state index is 0.0166. The number of nitrogens with one attached hydrogen (secondary N) is 2. The van der Waals surface area contributed by atoms with Crippen molar-refractivity contribution < 1.29 is 9.21 Å². The number of benzene rings is 1. The van der Waals surface area contributed by atoms with E-state index in [1.54, 1.807) is 0 Å². The standard InChI is InChI=1S/C14H18N2O2/c1-3-16-14(17)9-15-8-12-10(2)18-13-7-5-4-6-11(12)13/h4-7,15H,3,8-9H2,1-2H3,(H,16,17). The van der Waals surface area contributed by atoms with Crippen LogP contribution < -0.4 is 10.6 Å². The van der Waals surface area contributed by atoms with Crippen LogP contribution in [0.1, 0.15) is 18.2 Å². The van der Waals surface area contributed by atoms with E-state index in [1.807, 2.05) is 38.1 Å². The van der Waals surface area contributed by atoms with Crippen molar-refractivity contribution in [2.75, 3.05) is 13.1 Å². The number of para-hydroxylation sites is 1. The number of furan rings is 1. The zero-order chi connectivity index (χ0) is 13.0. The van der Waals surface area contributed by atoms with Crippen LogP contribution in [0.25, 0.3) is 11.0 Å². The third-order valence-corrected chi connectivity index (χ3v) is 2.86. The summed E-state index contributed by atoms with van der Waals surface area (Å²) in [4.78, 5) is 11.3. The van der Waals surface area contributed by atoms with Crippen molar-refractivity contribution in [3.63, 3.8) is 0 Å². The van der Waals surface area contributed by atoms with Gasteiger partial charge in [0.25, 0.3) is 0 Å². The predicted octanol–water partition coefficient (Wildman–Crippen LogP) is 1.97. The zero-order valence-electron chi connectivity index (χ0n) is 10.7. The molecule has 18 heavy (non-hydrogen) atoms. The van der Waals surface area contributed by atoms with E-state index in [-0.39, 0.29) is 5.91 Å². The second-order valence-corrected chi connectivity index (χ2v) is 4.19. The molecule has 0 aliphatic rings. The Labute approximate surface area is 106 Å². The highest BCUT2D eigenvalue weighted by atomic mass is 16.3. The number of aryl methyl sites for hydroxylation is 1. The highest BCUT2D eigenvalue weighted by molar-refractivity contribution is 5.82. The summed E-state index contributed by atoms with van der Waals surface area (Å²) in [5.74, 6) is 0.919. The molecule has 4 heteroatoms. The lowest BCUT2D eigenvalue weighted by molar-refractivity contribution is -0.120. The zero-order valence-corrected chi connectivity index (χ0v) is 10.7. The van der Waals surface area contributed by atoms with E-state index >= 15 is 0 Å². The topological polar surface area (TPSA) is 54.3 Å². The molecule has 0 atom stereocenters. The molecule has 0 saturated heterocycles. The summed E-state index contributed by atoms with van der Waals surface area (Å²) in [6, 6.07) is 7.94. The highest BCUT2D eigenvalue weighted by Crippen LogP contribution is 2.24. The number of carbonyl (C=O) groups is 1. The molecule has 1 heterocycles. The molecule has 96 valence electrons. The molecule has 0 radical (unpaired) electrons. The fourth-order valence-electron chi connectivity index (χ4n) is 2.00. The smallest absolute Gasteiger partial charge is 0.233 e. The molecule has 2 aromatic rings. The normalized spacial score (nSPS) is 10.8. The number of hydrogen-bond donors (Lipinski definition) is 2. The first kappa shape index (κ1) is 12.6. The van der Waals surface area contributed by atoms with Gasteiger partial charge in [0.15, 0.2) is 0 Å². The summed E-state index contributed by atoms with van der Waals surface area (Å²) in [5.41, 5.74) is 2.01. The minimum Gasteiger partial charge on any atom is -0.461 e. The van der Waals surface area contributed by atoms with E-state index in [2.05, 4.69) is 10.6 Å². The van der Waals surface area contributed by atoms with E-state index in [0.717, 1.165) is 22.3 Å². The average Bonchev–Trinajstić information content (AvgIpc) is 2.66. The van der Waals surface area contributed by atoms with Crippen molar-refractivity contribution >= 4 is 16.9 Å². The second kappa shape index (κ2) is 5.69. The van der Waals surface area contributed by atoms with Gasteiger partial charge in [0.1, 0.15) is 11.3 Å². The second-order valence-electron chi connectivity index (χ2n) is 4.19. The maximum Gasteiger partial charge on any atom is 0.233 e. The SMILES string of the molecule is CCNC(=O)CNCc1c(C)oc2ccccc12. The molecule has 0 saturated carbocycles. The first-order valence-electron chi connectivity index (χ1n) is 6.16. The third kappa shape index (κ3) is 2.71. The Hall–Kier alpha value is -1.81. The number of fused-ring (bicyclic) bond motifs is 1. The van der Waals surface area contributed by atoms with E-state index in [0.29, 0.717) is 19.6 Å². The molecular formula is C14H18N2O2. The molecule has 0 spiro atoms. The van der Waals surface area contributed by atoms with Crippen molar-refractivity contribution in [3.05, 3.63) is 35.6 Å². The van der Waals surface area contributed by atoms with Crippen LogP contribution in [0.15, 0.2) is 28.7 Å². The van der Waals surface area contributed by atoms with Crippen molar-refractivity contribution in [2.24, 2.45) is 0 Å². The van der Waals surface area contributed by atoms with Crippen LogP contribution in [0, 0.1) is 6.92 Å². The largest absolute Gasteiger partial charge is 0.461 e. The Balaban J connectivity index is 2.03.